The molecule has 1 aliphatic heterocycles. The van der Waals surface area contributed by atoms with E-state index in [0.717, 1.165) is 0 Å². The number of anilines is 1. The highest BCUT2D eigenvalue weighted by molar-refractivity contribution is 6.02. The standard InChI is InChI=1S/C7H4FN2O/c8-4-2-1-3-5-6(4)10-7(11)9-5/h1-3H,(H,9,11). The fourth-order valence-electron chi connectivity index (χ4n) is 0.975. The van der Waals surface area contributed by atoms with E-state index in [1.807, 2.05) is 0 Å². The summed E-state index contributed by atoms with van der Waals surface area (Å²) >= 11 is 0. The van der Waals surface area contributed by atoms with Gasteiger partial charge in [0.25, 0.3) is 0 Å². The molecular formula is C7H4FN2O. The molecule has 0 aliphatic carbocycles. The van der Waals surface area contributed by atoms with Crippen molar-refractivity contribution in [2.24, 2.45) is 0 Å². The van der Waals surface area contributed by atoms with Crippen molar-refractivity contribution in [1.29, 1.82) is 0 Å². The number of urea groups is 1. The number of hydrogen-bond donors (Lipinski definition) is 1. The van der Waals surface area contributed by atoms with Crippen molar-refractivity contribution >= 4 is 17.4 Å². The van der Waals surface area contributed by atoms with Crippen molar-refractivity contribution < 1.29 is 9.18 Å². The van der Waals surface area contributed by atoms with E-state index < -0.39 is 11.8 Å². The number of hydrogen-bond acceptors (Lipinski definition) is 1. The third-order valence-electron chi connectivity index (χ3n) is 1.44. The number of carbonyl (C=O) groups is 1. The number of halogens is 1. The summed E-state index contributed by atoms with van der Waals surface area (Å²) in [5.74, 6) is -0.471. The highest BCUT2D eigenvalue weighted by Gasteiger charge is 2.21. The SMILES string of the molecule is O=C1[N]c2c(F)cccc2N1. The van der Waals surface area contributed by atoms with Gasteiger partial charge in [-0.25, -0.2) is 9.18 Å². The molecule has 3 nitrogen and oxygen atoms in total. The number of nitrogens with zero attached hydrogens (tertiary/aromatic N) is 1. The molecule has 1 aromatic rings. The van der Waals surface area contributed by atoms with Crippen LogP contribution in [0.1, 0.15) is 0 Å². The fraction of sp³-hybridized carbons (Fsp3) is 0. The van der Waals surface area contributed by atoms with Gasteiger partial charge < -0.3 is 5.32 Å². The molecule has 0 saturated carbocycles. The zero-order valence-electron chi connectivity index (χ0n) is 5.47. The number of nitrogens with one attached hydrogen (secondary N) is 1. The first kappa shape index (κ1) is 6.15. The average molecular weight is 151 g/mol. The van der Waals surface area contributed by atoms with Gasteiger partial charge in [-0.1, -0.05) is 6.07 Å². The first-order chi connectivity index (χ1) is 5.27. The second-order valence-electron chi connectivity index (χ2n) is 2.18. The lowest BCUT2D eigenvalue weighted by molar-refractivity contribution is 0.256. The minimum absolute atomic E-state index is 0.109. The van der Waals surface area contributed by atoms with Crippen LogP contribution in [0.2, 0.25) is 0 Å². The predicted molar refractivity (Wildman–Crippen MR) is 37.2 cm³/mol. The Morgan fingerprint density at radius 2 is 2.27 bits per heavy atom. The van der Waals surface area contributed by atoms with Gasteiger partial charge in [-0.05, 0) is 12.1 Å². The van der Waals surface area contributed by atoms with Crippen LogP contribution >= 0.6 is 0 Å². The van der Waals surface area contributed by atoms with E-state index in [1.165, 1.54) is 12.1 Å². The molecule has 0 bridgehead atoms. The molecule has 11 heavy (non-hydrogen) atoms. The zero-order chi connectivity index (χ0) is 7.84. The van der Waals surface area contributed by atoms with Crippen molar-refractivity contribution in [3.63, 3.8) is 0 Å². The predicted octanol–water partition coefficient (Wildman–Crippen LogP) is 1.61. The highest BCUT2D eigenvalue weighted by Crippen LogP contribution is 2.29. The van der Waals surface area contributed by atoms with Gasteiger partial charge in [0, 0.05) is 0 Å². The van der Waals surface area contributed by atoms with Crippen LogP contribution < -0.4 is 10.6 Å². The minimum atomic E-state index is -0.509. The molecule has 2 amide bonds. The molecule has 0 aromatic heterocycles. The quantitative estimate of drug-likeness (QED) is 0.601. The van der Waals surface area contributed by atoms with Gasteiger partial charge >= 0.3 is 6.03 Å². The molecule has 0 saturated heterocycles. The summed E-state index contributed by atoms with van der Waals surface area (Å²) in [6.45, 7) is 0. The number of carbonyl (C=O) groups excluding carboxylic acids is 1. The number of benzene rings is 1. The van der Waals surface area contributed by atoms with Crippen molar-refractivity contribution in [2.45, 2.75) is 0 Å². The highest BCUT2D eigenvalue weighted by atomic mass is 19.1. The van der Waals surface area contributed by atoms with E-state index >= 15 is 0 Å². The zero-order valence-corrected chi connectivity index (χ0v) is 5.47. The number of rotatable bonds is 0. The van der Waals surface area contributed by atoms with Crippen LogP contribution in [-0.4, -0.2) is 6.03 Å². The molecule has 1 N–H and O–H groups in total. The van der Waals surface area contributed by atoms with Crippen LogP contribution in [0.5, 0.6) is 0 Å². The Hall–Kier alpha value is -1.58. The van der Waals surface area contributed by atoms with E-state index in [-0.39, 0.29) is 5.69 Å². The monoisotopic (exact) mass is 151 g/mol. The first-order valence-electron chi connectivity index (χ1n) is 3.08. The molecule has 0 atom stereocenters. The van der Waals surface area contributed by atoms with Crippen molar-refractivity contribution in [3.05, 3.63) is 24.0 Å². The Labute approximate surface area is 62.2 Å². The summed E-state index contributed by atoms with van der Waals surface area (Å²) in [4.78, 5) is 10.6. The fourth-order valence-corrected chi connectivity index (χ4v) is 0.975. The molecular weight excluding hydrogens is 147 g/mol. The second kappa shape index (κ2) is 1.95. The van der Waals surface area contributed by atoms with Crippen molar-refractivity contribution in [3.8, 4) is 0 Å². The van der Waals surface area contributed by atoms with Crippen LogP contribution in [0, 0.1) is 5.82 Å². The number of fused-ring (bicyclic) bond motifs is 1. The molecule has 2 rings (SSSR count). The van der Waals surface area contributed by atoms with Crippen LogP contribution in [0.3, 0.4) is 0 Å². The van der Waals surface area contributed by atoms with Crippen molar-refractivity contribution in [2.75, 3.05) is 5.32 Å². The van der Waals surface area contributed by atoms with Gasteiger partial charge in [-0.2, -0.15) is 5.32 Å². The smallest absolute Gasteiger partial charge is 0.304 e. The molecule has 1 radical (unpaired) electrons. The van der Waals surface area contributed by atoms with Gasteiger partial charge in [-0.15, -0.1) is 0 Å². The lowest BCUT2D eigenvalue weighted by Crippen LogP contribution is -2.08. The molecule has 0 spiro atoms. The van der Waals surface area contributed by atoms with E-state index in [0.29, 0.717) is 5.69 Å². The maximum absolute atomic E-state index is 12.8. The molecule has 1 heterocycles. The largest absolute Gasteiger partial charge is 0.346 e. The van der Waals surface area contributed by atoms with Crippen LogP contribution in [-0.2, 0) is 0 Å². The van der Waals surface area contributed by atoms with Gasteiger partial charge in [-0.3, -0.25) is 0 Å². The Balaban J connectivity index is 2.57. The second-order valence-corrected chi connectivity index (χ2v) is 2.18. The Kier molecular flexibility index (Phi) is 1.09. The van der Waals surface area contributed by atoms with E-state index in [1.54, 1.807) is 6.07 Å². The lowest BCUT2D eigenvalue weighted by atomic mass is 10.3. The van der Waals surface area contributed by atoms with E-state index in [9.17, 15) is 9.18 Å². The maximum atomic E-state index is 12.8. The molecule has 0 fully saturated rings. The third-order valence-corrected chi connectivity index (χ3v) is 1.44. The summed E-state index contributed by atoms with van der Waals surface area (Å²) in [6.07, 6.45) is 0. The normalized spacial score (nSPS) is 13.7. The Morgan fingerprint density at radius 1 is 1.45 bits per heavy atom. The van der Waals surface area contributed by atoms with Crippen molar-refractivity contribution in [1.82, 2.24) is 5.32 Å². The summed E-state index contributed by atoms with van der Waals surface area (Å²) < 4.78 is 12.8. The van der Waals surface area contributed by atoms with E-state index in [4.69, 9.17) is 0 Å². The first-order valence-corrected chi connectivity index (χ1v) is 3.08. The van der Waals surface area contributed by atoms with Gasteiger partial charge in [0.2, 0.25) is 0 Å². The molecule has 1 aliphatic rings. The molecule has 4 heteroatoms. The maximum Gasteiger partial charge on any atom is 0.346 e. The third kappa shape index (κ3) is 0.832. The summed E-state index contributed by atoms with van der Waals surface area (Å²) in [6, 6.07) is 3.88. The van der Waals surface area contributed by atoms with Crippen LogP contribution in [0.15, 0.2) is 18.2 Å². The summed E-state index contributed by atoms with van der Waals surface area (Å²) in [5, 5.41) is 5.82. The minimum Gasteiger partial charge on any atom is -0.304 e. The van der Waals surface area contributed by atoms with Gasteiger partial charge in [0.1, 0.15) is 5.69 Å². The van der Waals surface area contributed by atoms with Crippen LogP contribution in [0.25, 0.3) is 0 Å². The summed E-state index contributed by atoms with van der Waals surface area (Å²) in [5.41, 5.74) is 0.549. The Bertz CT molecular complexity index is 324. The van der Waals surface area contributed by atoms with E-state index in [2.05, 4.69) is 10.6 Å². The average Bonchev–Trinajstić information content (AvgIpc) is 2.31. The lowest BCUT2D eigenvalue weighted by Gasteiger charge is -1.94. The number of para-hydroxylation sites is 1. The Morgan fingerprint density at radius 3 is 3.00 bits per heavy atom. The summed E-state index contributed by atoms with van der Waals surface area (Å²) in [7, 11) is 0. The molecule has 55 valence electrons. The van der Waals surface area contributed by atoms with Gasteiger partial charge in [0.15, 0.2) is 5.82 Å². The van der Waals surface area contributed by atoms with Gasteiger partial charge in [0.05, 0.1) is 5.69 Å². The molecule has 0 unspecified atom stereocenters. The topological polar surface area (TPSA) is 43.2 Å². The molecule has 1 aromatic carbocycles. The number of amides is 2. The van der Waals surface area contributed by atoms with Crippen LogP contribution in [0.4, 0.5) is 20.6 Å².